The largest absolute Gasteiger partial charge is 0.379 e. The number of halogens is 1. The van der Waals surface area contributed by atoms with Gasteiger partial charge in [-0.15, -0.1) is 0 Å². The zero-order valence-corrected chi connectivity index (χ0v) is 16.1. The summed E-state index contributed by atoms with van der Waals surface area (Å²) in [6, 6.07) is 6.51. The van der Waals surface area contributed by atoms with Gasteiger partial charge in [0.2, 0.25) is 10.0 Å². The van der Waals surface area contributed by atoms with Gasteiger partial charge >= 0.3 is 0 Å². The molecule has 0 unspecified atom stereocenters. The Labute approximate surface area is 158 Å². The number of nitrogens with one attached hydrogen (secondary N) is 1. The first kappa shape index (κ1) is 19.9. The second kappa shape index (κ2) is 8.78. The monoisotopic (exact) mass is 402 g/mol. The van der Waals surface area contributed by atoms with Gasteiger partial charge in [0, 0.05) is 26.7 Å². The molecule has 0 radical (unpaired) electrons. The van der Waals surface area contributed by atoms with Crippen molar-refractivity contribution in [2.45, 2.75) is 11.3 Å². The van der Waals surface area contributed by atoms with Crippen molar-refractivity contribution in [1.29, 1.82) is 5.26 Å². The minimum atomic E-state index is -3.62. The molecule has 0 bridgehead atoms. The van der Waals surface area contributed by atoms with E-state index in [2.05, 4.69) is 5.32 Å². The Morgan fingerprint density at radius 2 is 2.16 bits per heavy atom. The van der Waals surface area contributed by atoms with E-state index in [-0.39, 0.29) is 4.90 Å². The fraction of sp³-hybridized carbons (Fsp3) is 0.467. The van der Waals surface area contributed by atoms with Gasteiger partial charge in [0.1, 0.15) is 0 Å². The van der Waals surface area contributed by atoms with E-state index < -0.39 is 10.0 Å². The van der Waals surface area contributed by atoms with Crippen LogP contribution in [-0.4, -0.2) is 62.6 Å². The molecule has 136 valence electrons. The number of nitrogens with zero attached hydrogens (tertiary/aromatic N) is 3. The van der Waals surface area contributed by atoms with Crippen molar-refractivity contribution in [2.75, 3.05) is 45.2 Å². The van der Waals surface area contributed by atoms with E-state index in [1.54, 1.807) is 11.9 Å². The third-order valence-corrected chi connectivity index (χ3v) is 6.33. The Hall–Kier alpha value is -1.44. The number of morpholine rings is 1. The lowest BCUT2D eigenvalue weighted by atomic mass is 10.3. The molecular formula is C15H19ClN4O3S2. The molecule has 1 N–H and O–H groups in total. The second-order valence-electron chi connectivity index (χ2n) is 5.42. The van der Waals surface area contributed by atoms with Crippen LogP contribution < -0.4 is 5.32 Å². The van der Waals surface area contributed by atoms with Crippen molar-refractivity contribution >= 4 is 44.6 Å². The Balaban J connectivity index is 2.19. The SMILES string of the molecule is CN(CCC#N)C(=S)Nc1cc(S(=O)(=O)N2CCOCC2)ccc1Cl. The van der Waals surface area contributed by atoms with Gasteiger partial charge in [-0.25, -0.2) is 8.42 Å². The first-order valence-corrected chi connectivity index (χ1v) is 9.85. The van der Waals surface area contributed by atoms with Gasteiger partial charge in [-0.3, -0.25) is 0 Å². The molecule has 0 amide bonds. The molecule has 0 atom stereocenters. The quantitative estimate of drug-likeness (QED) is 0.753. The maximum absolute atomic E-state index is 12.7. The number of benzene rings is 1. The van der Waals surface area contributed by atoms with E-state index in [9.17, 15) is 8.42 Å². The van der Waals surface area contributed by atoms with E-state index >= 15 is 0 Å². The van der Waals surface area contributed by atoms with Crippen LogP contribution in [0.5, 0.6) is 0 Å². The number of nitriles is 1. The van der Waals surface area contributed by atoms with Crippen molar-refractivity contribution < 1.29 is 13.2 Å². The lowest BCUT2D eigenvalue weighted by molar-refractivity contribution is 0.0730. The predicted octanol–water partition coefficient (Wildman–Crippen LogP) is 1.90. The molecule has 1 saturated heterocycles. The summed E-state index contributed by atoms with van der Waals surface area (Å²) >= 11 is 11.4. The number of ether oxygens (including phenoxy) is 1. The Morgan fingerprint density at radius 3 is 2.80 bits per heavy atom. The van der Waals surface area contributed by atoms with Crippen LogP contribution in [-0.2, 0) is 14.8 Å². The predicted molar refractivity (Wildman–Crippen MR) is 100 cm³/mol. The molecule has 10 heteroatoms. The Kier molecular flexibility index (Phi) is 6.98. The molecule has 1 aliphatic heterocycles. The van der Waals surface area contributed by atoms with E-state index in [0.717, 1.165) is 0 Å². The third kappa shape index (κ3) is 5.03. The summed E-state index contributed by atoms with van der Waals surface area (Å²) in [5.41, 5.74) is 0.407. The van der Waals surface area contributed by atoms with E-state index in [1.165, 1.54) is 22.5 Å². The average molecular weight is 403 g/mol. The summed E-state index contributed by atoms with van der Waals surface area (Å²) in [6.45, 7) is 1.87. The van der Waals surface area contributed by atoms with E-state index in [4.69, 9.17) is 33.8 Å². The number of rotatable bonds is 5. The van der Waals surface area contributed by atoms with Gasteiger partial charge in [-0.1, -0.05) is 11.6 Å². The molecule has 25 heavy (non-hydrogen) atoms. The van der Waals surface area contributed by atoms with Gasteiger partial charge < -0.3 is 15.0 Å². The number of thiocarbonyl (C=S) groups is 1. The number of hydrogen-bond donors (Lipinski definition) is 1. The molecule has 0 aromatic heterocycles. The molecule has 0 spiro atoms. The van der Waals surface area contributed by atoms with Crippen molar-refractivity contribution in [3.63, 3.8) is 0 Å². The van der Waals surface area contributed by atoms with Crippen molar-refractivity contribution in [1.82, 2.24) is 9.21 Å². The average Bonchev–Trinajstić information content (AvgIpc) is 2.62. The molecule has 1 aromatic rings. The van der Waals surface area contributed by atoms with E-state index in [0.29, 0.717) is 55.1 Å². The molecular weight excluding hydrogens is 384 g/mol. The van der Waals surface area contributed by atoms with Crippen LogP contribution in [0.3, 0.4) is 0 Å². The smallest absolute Gasteiger partial charge is 0.243 e. The first-order chi connectivity index (χ1) is 11.9. The fourth-order valence-corrected chi connectivity index (χ4v) is 4.03. The van der Waals surface area contributed by atoms with Gasteiger partial charge in [-0.2, -0.15) is 9.57 Å². The minimum Gasteiger partial charge on any atom is -0.379 e. The zero-order chi connectivity index (χ0) is 18.4. The summed E-state index contributed by atoms with van der Waals surface area (Å²) in [6.07, 6.45) is 0.331. The standard InChI is InChI=1S/C15H19ClN4O3S2/c1-19(6-2-5-17)15(24)18-14-11-12(3-4-13(14)16)25(21,22)20-7-9-23-10-8-20/h3-4,11H,2,6-10H2,1H3,(H,18,24). The highest BCUT2D eigenvalue weighted by molar-refractivity contribution is 7.89. The Bertz CT molecular complexity index is 773. The van der Waals surface area contributed by atoms with Gasteiger partial charge in [0.15, 0.2) is 5.11 Å². The second-order valence-corrected chi connectivity index (χ2v) is 8.15. The van der Waals surface area contributed by atoms with E-state index in [1.807, 2.05) is 6.07 Å². The van der Waals surface area contributed by atoms with Crippen LogP contribution in [0.4, 0.5) is 5.69 Å². The number of sulfonamides is 1. The van der Waals surface area contributed by atoms with Crippen LogP contribution in [0.1, 0.15) is 6.42 Å². The minimum absolute atomic E-state index is 0.142. The summed E-state index contributed by atoms with van der Waals surface area (Å²) in [5, 5.41) is 12.3. The molecule has 0 saturated carbocycles. The maximum Gasteiger partial charge on any atom is 0.243 e. The highest BCUT2D eigenvalue weighted by atomic mass is 35.5. The molecule has 0 aliphatic carbocycles. The van der Waals surface area contributed by atoms with Gasteiger partial charge in [0.05, 0.1) is 41.3 Å². The molecule has 1 aromatic carbocycles. The van der Waals surface area contributed by atoms with Crippen molar-refractivity contribution in [3.8, 4) is 6.07 Å². The van der Waals surface area contributed by atoms with Crippen LogP contribution in [0.25, 0.3) is 0 Å². The molecule has 1 heterocycles. The van der Waals surface area contributed by atoms with Crippen LogP contribution in [0.2, 0.25) is 5.02 Å². The number of anilines is 1. The van der Waals surface area contributed by atoms with Crippen LogP contribution in [0.15, 0.2) is 23.1 Å². The van der Waals surface area contributed by atoms with Gasteiger partial charge in [0.25, 0.3) is 0 Å². The highest BCUT2D eigenvalue weighted by Gasteiger charge is 2.27. The number of hydrogen-bond acceptors (Lipinski definition) is 5. The van der Waals surface area contributed by atoms with Crippen molar-refractivity contribution in [3.05, 3.63) is 23.2 Å². The highest BCUT2D eigenvalue weighted by Crippen LogP contribution is 2.27. The van der Waals surface area contributed by atoms with Crippen molar-refractivity contribution in [2.24, 2.45) is 0 Å². The van der Waals surface area contributed by atoms with Gasteiger partial charge in [-0.05, 0) is 30.4 Å². The third-order valence-electron chi connectivity index (χ3n) is 3.69. The molecule has 7 nitrogen and oxygen atoms in total. The summed E-state index contributed by atoms with van der Waals surface area (Å²) in [5.74, 6) is 0. The van der Waals surface area contributed by atoms with Crippen LogP contribution >= 0.6 is 23.8 Å². The maximum atomic E-state index is 12.7. The topological polar surface area (TPSA) is 85.7 Å². The molecule has 1 fully saturated rings. The molecule has 2 rings (SSSR count). The summed E-state index contributed by atoms with van der Waals surface area (Å²) in [4.78, 5) is 1.83. The Morgan fingerprint density at radius 1 is 1.48 bits per heavy atom. The normalized spacial score (nSPS) is 15.4. The zero-order valence-electron chi connectivity index (χ0n) is 13.7. The molecule has 1 aliphatic rings. The summed E-state index contributed by atoms with van der Waals surface area (Å²) < 4.78 is 32.1. The lowest BCUT2D eigenvalue weighted by Gasteiger charge is -2.26. The van der Waals surface area contributed by atoms with Crippen LogP contribution in [0, 0.1) is 11.3 Å². The fourth-order valence-electron chi connectivity index (χ4n) is 2.23. The lowest BCUT2D eigenvalue weighted by Crippen LogP contribution is -2.40. The first-order valence-electron chi connectivity index (χ1n) is 7.63. The summed E-state index contributed by atoms with van der Waals surface area (Å²) in [7, 11) is -1.87.